The van der Waals surface area contributed by atoms with E-state index in [0.29, 0.717) is 0 Å². The van der Waals surface area contributed by atoms with Crippen LogP contribution in [0.15, 0.2) is 30.6 Å². The van der Waals surface area contributed by atoms with Crippen molar-refractivity contribution in [1.82, 2.24) is 14.8 Å². The van der Waals surface area contributed by atoms with E-state index in [1.807, 2.05) is 0 Å². The summed E-state index contributed by atoms with van der Waals surface area (Å²) in [6, 6.07) is 4.69. The van der Waals surface area contributed by atoms with E-state index in [-0.39, 0.29) is 12.4 Å². The maximum absolute atomic E-state index is 12.9. The van der Waals surface area contributed by atoms with E-state index in [0.717, 1.165) is 10.9 Å². The third kappa shape index (κ3) is 2.79. The predicted molar refractivity (Wildman–Crippen MR) is 62.3 cm³/mol. The zero-order valence-electron chi connectivity index (χ0n) is 10.4. The molecule has 0 unspecified atom stereocenters. The Morgan fingerprint density at radius 3 is 2.70 bits per heavy atom. The Morgan fingerprint density at radius 2 is 2.15 bits per heavy atom. The molecule has 0 saturated heterocycles. The van der Waals surface area contributed by atoms with E-state index >= 15 is 0 Å². The minimum absolute atomic E-state index is 0.0229. The number of hydrogen-bond acceptors (Lipinski definition) is 4. The van der Waals surface area contributed by atoms with Gasteiger partial charge in [-0.3, -0.25) is 0 Å². The SMILES string of the molecule is CCOC(=O)c1cn(-c2ccccn2)nc1C(F)(F)F. The molecule has 8 heteroatoms. The van der Waals surface area contributed by atoms with Crippen molar-refractivity contribution in [3.63, 3.8) is 0 Å². The van der Waals surface area contributed by atoms with Gasteiger partial charge in [0.05, 0.1) is 6.61 Å². The molecule has 0 radical (unpaired) electrons. The van der Waals surface area contributed by atoms with Gasteiger partial charge in [0.15, 0.2) is 11.5 Å². The molecule has 2 aromatic heterocycles. The first-order valence-electron chi connectivity index (χ1n) is 5.69. The molecule has 0 aliphatic carbocycles. The molecule has 0 aliphatic rings. The lowest BCUT2D eigenvalue weighted by Crippen LogP contribution is -2.14. The monoisotopic (exact) mass is 285 g/mol. The standard InChI is InChI=1S/C12H10F3N3O2/c1-2-20-11(19)8-7-18(9-5-3-4-6-16-9)17-10(8)12(13,14)15/h3-7H,2H2,1H3. The van der Waals surface area contributed by atoms with Crippen LogP contribution in [0.25, 0.3) is 5.82 Å². The first-order chi connectivity index (χ1) is 9.43. The van der Waals surface area contributed by atoms with Crippen LogP contribution >= 0.6 is 0 Å². The van der Waals surface area contributed by atoms with E-state index < -0.39 is 23.4 Å². The van der Waals surface area contributed by atoms with Crippen molar-refractivity contribution in [1.29, 1.82) is 0 Å². The summed E-state index contributed by atoms with van der Waals surface area (Å²) in [5.74, 6) is -0.893. The third-order valence-electron chi connectivity index (χ3n) is 2.36. The number of hydrogen-bond donors (Lipinski definition) is 0. The molecule has 106 valence electrons. The van der Waals surface area contributed by atoms with E-state index in [1.165, 1.54) is 19.2 Å². The van der Waals surface area contributed by atoms with E-state index in [1.54, 1.807) is 12.1 Å². The van der Waals surface area contributed by atoms with Crippen LogP contribution in [0.5, 0.6) is 0 Å². The summed E-state index contributed by atoms with van der Waals surface area (Å²) in [4.78, 5) is 15.4. The molecule has 0 aliphatic heterocycles. The molecule has 0 fully saturated rings. The van der Waals surface area contributed by atoms with Gasteiger partial charge in [-0.2, -0.15) is 18.3 Å². The maximum atomic E-state index is 12.9. The zero-order valence-corrected chi connectivity index (χ0v) is 10.4. The number of pyridine rings is 1. The Bertz CT molecular complexity index is 608. The predicted octanol–water partition coefficient (Wildman–Crippen LogP) is 2.46. The fourth-order valence-electron chi connectivity index (χ4n) is 1.55. The smallest absolute Gasteiger partial charge is 0.436 e. The van der Waals surface area contributed by atoms with Crippen molar-refractivity contribution in [3.05, 3.63) is 41.9 Å². The van der Waals surface area contributed by atoms with Crippen molar-refractivity contribution in [3.8, 4) is 5.82 Å². The van der Waals surface area contributed by atoms with Gasteiger partial charge in [-0.15, -0.1) is 0 Å². The van der Waals surface area contributed by atoms with E-state index in [9.17, 15) is 18.0 Å². The van der Waals surface area contributed by atoms with Gasteiger partial charge in [-0.1, -0.05) is 6.07 Å². The number of carbonyl (C=O) groups is 1. The quantitative estimate of drug-likeness (QED) is 0.813. The Labute approximate surface area is 112 Å². The normalized spacial score (nSPS) is 11.4. The summed E-state index contributed by atoms with van der Waals surface area (Å²) < 4.78 is 44.1. The summed E-state index contributed by atoms with van der Waals surface area (Å²) in [5.41, 5.74) is -1.92. The van der Waals surface area contributed by atoms with E-state index in [2.05, 4.69) is 14.8 Å². The molecule has 2 rings (SSSR count). The van der Waals surface area contributed by atoms with Crippen LogP contribution in [0.2, 0.25) is 0 Å². The lowest BCUT2D eigenvalue weighted by Gasteiger charge is -2.05. The fraction of sp³-hybridized carbons (Fsp3) is 0.250. The van der Waals surface area contributed by atoms with Gasteiger partial charge < -0.3 is 4.74 Å². The molecule has 0 spiro atoms. The Morgan fingerprint density at radius 1 is 1.40 bits per heavy atom. The summed E-state index contributed by atoms with van der Waals surface area (Å²) in [6.07, 6.45) is -2.38. The molecule has 0 bridgehead atoms. The Kier molecular flexibility index (Phi) is 3.73. The van der Waals surface area contributed by atoms with Gasteiger partial charge in [0.25, 0.3) is 0 Å². The van der Waals surface area contributed by atoms with Gasteiger partial charge in [-0.05, 0) is 19.1 Å². The van der Waals surface area contributed by atoms with Crippen molar-refractivity contribution in [2.45, 2.75) is 13.1 Å². The summed E-state index contributed by atoms with van der Waals surface area (Å²) >= 11 is 0. The molecular formula is C12H10F3N3O2. The van der Waals surface area contributed by atoms with Gasteiger partial charge in [0.2, 0.25) is 0 Å². The number of carbonyl (C=O) groups excluding carboxylic acids is 1. The highest BCUT2D eigenvalue weighted by atomic mass is 19.4. The Hall–Kier alpha value is -2.38. The van der Waals surface area contributed by atoms with Crippen LogP contribution in [0.3, 0.4) is 0 Å². The van der Waals surface area contributed by atoms with Gasteiger partial charge >= 0.3 is 12.1 Å². The van der Waals surface area contributed by atoms with Crippen molar-refractivity contribution in [2.75, 3.05) is 6.61 Å². The second-order valence-electron chi connectivity index (χ2n) is 3.74. The highest BCUT2D eigenvalue weighted by Gasteiger charge is 2.40. The number of rotatable bonds is 3. The molecule has 20 heavy (non-hydrogen) atoms. The summed E-state index contributed by atoms with van der Waals surface area (Å²) in [6.45, 7) is 1.49. The molecule has 0 N–H and O–H groups in total. The zero-order chi connectivity index (χ0) is 14.8. The van der Waals surface area contributed by atoms with Gasteiger partial charge in [-0.25, -0.2) is 14.5 Å². The number of esters is 1. The second-order valence-corrected chi connectivity index (χ2v) is 3.74. The fourth-order valence-corrected chi connectivity index (χ4v) is 1.55. The van der Waals surface area contributed by atoms with Crippen LogP contribution in [0.1, 0.15) is 23.0 Å². The molecule has 2 aromatic rings. The van der Waals surface area contributed by atoms with Crippen molar-refractivity contribution in [2.24, 2.45) is 0 Å². The topological polar surface area (TPSA) is 57.0 Å². The van der Waals surface area contributed by atoms with Gasteiger partial charge in [0, 0.05) is 12.4 Å². The molecule has 0 saturated carbocycles. The number of halogens is 3. The van der Waals surface area contributed by atoms with Crippen LogP contribution in [-0.2, 0) is 10.9 Å². The number of ether oxygens (including phenoxy) is 1. The maximum Gasteiger partial charge on any atom is 0.436 e. The average molecular weight is 285 g/mol. The van der Waals surface area contributed by atoms with Crippen LogP contribution in [0.4, 0.5) is 13.2 Å². The average Bonchev–Trinajstić information content (AvgIpc) is 2.85. The first-order valence-corrected chi connectivity index (χ1v) is 5.69. The van der Waals surface area contributed by atoms with Gasteiger partial charge in [0.1, 0.15) is 5.56 Å². The van der Waals surface area contributed by atoms with Crippen LogP contribution in [-0.4, -0.2) is 27.3 Å². The van der Waals surface area contributed by atoms with Crippen LogP contribution < -0.4 is 0 Å². The van der Waals surface area contributed by atoms with Crippen molar-refractivity contribution >= 4 is 5.97 Å². The van der Waals surface area contributed by atoms with Crippen molar-refractivity contribution < 1.29 is 22.7 Å². The summed E-state index contributed by atoms with van der Waals surface area (Å²) in [7, 11) is 0. The first kappa shape index (κ1) is 14.0. The number of alkyl halides is 3. The summed E-state index contributed by atoms with van der Waals surface area (Å²) in [5, 5.41) is 3.38. The highest BCUT2D eigenvalue weighted by molar-refractivity contribution is 5.90. The molecule has 0 amide bonds. The second kappa shape index (κ2) is 5.32. The van der Waals surface area contributed by atoms with E-state index in [4.69, 9.17) is 0 Å². The van der Waals surface area contributed by atoms with Crippen LogP contribution in [0, 0.1) is 0 Å². The molecular weight excluding hydrogens is 275 g/mol. The molecule has 0 atom stereocenters. The largest absolute Gasteiger partial charge is 0.462 e. The Balaban J connectivity index is 2.50. The number of aromatic nitrogens is 3. The lowest BCUT2D eigenvalue weighted by atomic mass is 10.2. The minimum Gasteiger partial charge on any atom is -0.462 e. The molecule has 2 heterocycles. The minimum atomic E-state index is -4.75. The molecule has 5 nitrogen and oxygen atoms in total. The molecule has 0 aromatic carbocycles. The third-order valence-corrected chi connectivity index (χ3v) is 2.36. The number of nitrogens with zero attached hydrogens (tertiary/aromatic N) is 3. The highest BCUT2D eigenvalue weighted by Crippen LogP contribution is 2.31. The lowest BCUT2D eigenvalue weighted by molar-refractivity contribution is -0.141.